The van der Waals surface area contributed by atoms with Crippen molar-refractivity contribution in [1.82, 2.24) is 0 Å². The third-order valence-electron chi connectivity index (χ3n) is 2.36. The van der Waals surface area contributed by atoms with Gasteiger partial charge in [0.05, 0.1) is 5.56 Å². The number of anilines is 1. The Kier molecular flexibility index (Phi) is 2.11. The Morgan fingerprint density at radius 2 is 2.29 bits per heavy atom. The average Bonchev–Trinajstić information content (AvgIpc) is 2.16. The zero-order valence-corrected chi connectivity index (χ0v) is 7.51. The van der Waals surface area contributed by atoms with Crippen molar-refractivity contribution in [2.24, 2.45) is 0 Å². The highest BCUT2D eigenvalue weighted by molar-refractivity contribution is 5.89. The number of carboxylic acid groups (broad SMARTS) is 1. The van der Waals surface area contributed by atoms with Crippen LogP contribution in [0.1, 0.15) is 22.3 Å². The first kappa shape index (κ1) is 8.99. The highest BCUT2D eigenvalue weighted by Crippen LogP contribution is 2.25. The third-order valence-corrected chi connectivity index (χ3v) is 2.36. The number of aromatic carboxylic acids is 1. The Morgan fingerprint density at radius 1 is 1.50 bits per heavy atom. The average molecular weight is 195 g/mol. The van der Waals surface area contributed by atoms with Gasteiger partial charge in [0.2, 0.25) is 0 Å². The van der Waals surface area contributed by atoms with Crippen molar-refractivity contribution in [2.45, 2.75) is 12.8 Å². The second kappa shape index (κ2) is 3.29. The van der Waals surface area contributed by atoms with Crippen molar-refractivity contribution in [2.75, 3.05) is 11.9 Å². The Balaban J connectivity index is 2.50. The van der Waals surface area contributed by atoms with E-state index in [-0.39, 0.29) is 5.56 Å². The fourth-order valence-corrected chi connectivity index (χ4v) is 1.66. The normalized spacial score (nSPS) is 14.4. The number of aryl methyl sites for hydroxylation is 1. The van der Waals surface area contributed by atoms with Crippen LogP contribution in [0.5, 0.6) is 0 Å². The van der Waals surface area contributed by atoms with E-state index in [0.29, 0.717) is 0 Å². The van der Waals surface area contributed by atoms with Crippen LogP contribution in [-0.2, 0) is 6.42 Å². The monoisotopic (exact) mass is 195 g/mol. The molecule has 0 spiro atoms. The lowest BCUT2D eigenvalue weighted by Crippen LogP contribution is -2.13. The summed E-state index contributed by atoms with van der Waals surface area (Å²) in [6.07, 6.45) is 1.76. The lowest BCUT2D eigenvalue weighted by Gasteiger charge is -2.18. The van der Waals surface area contributed by atoms with E-state index in [4.69, 9.17) is 5.11 Å². The number of halogens is 1. The summed E-state index contributed by atoms with van der Waals surface area (Å²) in [7, 11) is 0. The fourth-order valence-electron chi connectivity index (χ4n) is 1.66. The van der Waals surface area contributed by atoms with E-state index in [2.05, 4.69) is 5.32 Å². The fraction of sp³-hybridized carbons (Fsp3) is 0.300. The van der Waals surface area contributed by atoms with E-state index < -0.39 is 11.8 Å². The van der Waals surface area contributed by atoms with Crippen LogP contribution in [-0.4, -0.2) is 17.6 Å². The van der Waals surface area contributed by atoms with Gasteiger partial charge in [-0.15, -0.1) is 0 Å². The van der Waals surface area contributed by atoms with Crippen LogP contribution >= 0.6 is 0 Å². The number of fused-ring (bicyclic) bond motifs is 1. The van der Waals surface area contributed by atoms with Gasteiger partial charge in [-0.1, -0.05) is 0 Å². The zero-order chi connectivity index (χ0) is 10.1. The molecule has 14 heavy (non-hydrogen) atoms. The molecule has 0 saturated carbocycles. The minimum absolute atomic E-state index is 0.243. The smallest absolute Gasteiger partial charge is 0.338 e. The molecule has 4 heteroatoms. The quantitative estimate of drug-likeness (QED) is 0.719. The molecule has 0 aliphatic carbocycles. The van der Waals surface area contributed by atoms with E-state index in [1.165, 1.54) is 12.1 Å². The maximum absolute atomic E-state index is 13.2. The first-order valence-electron chi connectivity index (χ1n) is 4.48. The first-order chi connectivity index (χ1) is 6.68. The Bertz CT molecular complexity index is 390. The topological polar surface area (TPSA) is 49.3 Å². The molecule has 0 unspecified atom stereocenters. The molecule has 0 amide bonds. The molecule has 1 heterocycles. The molecular weight excluding hydrogens is 185 g/mol. The summed E-state index contributed by atoms with van der Waals surface area (Å²) in [4.78, 5) is 10.6. The van der Waals surface area contributed by atoms with Gasteiger partial charge in [0, 0.05) is 12.2 Å². The standard InChI is InChI=1S/C10H10FNO2/c11-8-5-9-6(2-1-3-12-9)4-7(8)10(13)14/h4-5,12H,1-3H2,(H,13,14). The summed E-state index contributed by atoms with van der Waals surface area (Å²) in [6.45, 7) is 0.818. The van der Waals surface area contributed by atoms with Crippen molar-refractivity contribution in [1.29, 1.82) is 0 Å². The number of carboxylic acids is 1. The highest BCUT2D eigenvalue weighted by Gasteiger charge is 2.16. The second-order valence-electron chi connectivity index (χ2n) is 3.32. The molecule has 0 atom stereocenters. The first-order valence-corrected chi connectivity index (χ1v) is 4.48. The molecule has 1 aromatic rings. The van der Waals surface area contributed by atoms with Crippen LogP contribution in [0.4, 0.5) is 10.1 Å². The van der Waals surface area contributed by atoms with Gasteiger partial charge < -0.3 is 10.4 Å². The maximum Gasteiger partial charge on any atom is 0.338 e. The number of hydrogen-bond acceptors (Lipinski definition) is 2. The molecule has 3 nitrogen and oxygen atoms in total. The molecule has 0 bridgehead atoms. The van der Waals surface area contributed by atoms with Crippen LogP contribution in [0.3, 0.4) is 0 Å². The van der Waals surface area contributed by atoms with Crippen LogP contribution in [0.25, 0.3) is 0 Å². The van der Waals surface area contributed by atoms with E-state index in [1.807, 2.05) is 0 Å². The van der Waals surface area contributed by atoms with Gasteiger partial charge in [0.25, 0.3) is 0 Å². The minimum atomic E-state index is -1.21. The molecule has 0 radical (unpaired) electrons. The summed E-state index contributed by atoms with van der Waals surface area (Å²) in [5.74, 6) is -1.89. The Labute approximate surface area is 80.6 Å². The van der Waals surface area contributed by atoms with E-state index in [9.17, 15) is 9.18 Å². The SMILES string of the molecule is O=C(O)c1cc2c(cc1F)NCCC2. The Hall–Kier alpha value is -1.58. The largest absolute Gasteiger partial charge is 0.478 e. The van der Waals surface area contributed by atoms with E-state index in [0.717, 1.165) is 30.6 Å². The van der Waals surface area contributed by atoms with Crippen LogP contribution in [0.15, 0.2) is 12.1 Å². The summed E-state index contributed by atoms with van der Waals surface area (Å²) in [5, 5.41) is 11.7. The molecule has 0 fully saturated rings. The predicted octanol–water partition coefficient (Wildman–Crippen LogP) is 1.88. The van der Waals surface area contributed by atoms with Gasteiger partial charge in [-0.2, -0.15) is 0 Å². The van der Waals surface area contributed by atoms with Crippen molar-refractivity contribution < 1.29 is 14.3 Å². The number of benzene rings is 1. The van der Waals surface area contributed by atoms with Gasteiger partial charge in [0.15, 0.2) is 0 Å². The molecule has 1 aromatic carbocycles. The third kappa shape index (κ3) is 1.43. The van der Waals surface area contributed by atoms with Crippen molar-refractivity contribution >= 4 is 11.7 Å². The second-order valence-corrected chi connectivity index (χ2v) is 3.32. The van der Waals surface area contributed by atoms with Gasteiger partial charge in [-0.3, -0.25) is 0 Å². The highest BCUT2D eigenvalue weighted by atomic mass is 19.1. The molecular formula is C10H10FNO2. The summed E-state index contributed by atoms with van der Waals surface area (Å²) in [6, 6.07) is 2.68. The number of carbonyl (C=O) groups is 1. The number of rotatable bonds is 1. The van der Waals surface area contributed by atoms with Gasteiger partial charge in [-0.25, -0.2) is 9.18 Å². The maximum atomic E-state index is 13.2. The van der Waals surface area contributed by atoms with Crippen LogP contribution < -0.4 is 5.32 Å². The summed E-state index contributed by atoms with van der Waals surface area (Å²) < 4.78 is 13.2. The zero-order valence-electron chi connectivity index (χ0n) is 7.51. The van der Waals surface area contributed by atoms with Crippen LogP contribution in [0.2, 0.25) is 0 Å². The Morgan fingerprint density at radius 3 is 3.00 bits per heavy atom. The molecule has 1 aliphatic rings. The molecule has 2 N–H and O–H groups in total. The van der Waals surface area contributed by atoms with E-state index >= 15 is 0 Å². The molecule has 2 rings (SSSR count). The van der Waals surface area contributed by atoms with Crippen LogP contribution in [0, 0.1) is 5.82 Å². The van der Waals surface area contributed by atoms with E-state index in [1.54, 1.807) is 0 Å². The lowest BCUT2D eigenvalue weighted by atomic mass is 10.0. The van der Waals surface area contributed by atoms with Gasteiger partial charge >= 0.3 is 5.97 Å². The predicted molar refractivity (Wildman–Crippen MR) is 50.2 cm³/mol. The lowest BCUT2D eigenvalue weighted by molar-refractivity contribution is 0.0692. The van der Waals surface area contributed by atoms with Gasteiger partial charge in [-0.05, 0) is 30.5 Å². The van der Waals surface area contributed by atoms with Crippen molar-refractivity contribution in [3.8, 4) is 0 Å². The molecule has 0 saturated heterocycles. The molecule has 74 valence electrons. The van der Waals surface area contributed by atoms with Gasteiger partial charge in [0.1, 0.15) is 5.82 Å². The number of nitrogens with one attached hydrogen (secondary N) is 1. The van der Waals surface area contributed by atoms with Crippen molar-refractivity contribution in [3.05, 3.63) is 29.1 Å². The minimum Gasteiger partial charge on any atom is -0.478 e. The molecule has 0 aromatic heterocycles. The summed E-state index contributed by atoms with van der Waals surface area (Å²) in [5.41, 5.74) is 1.36. The summed E-state index contributed by atoms with van der Waals surface area (Å²) >= 11 is 0. The molecule has 1 aliphatic heterocycles. The number of hydrogen-bond donors (Lipinski definition) is 2. The van der Waals surface area contributed by atoms with Crippen molar-refractivity contribution in [3.63, 3.8) is 0 Å².